The third-order valence-electron chi connectivity index (χ3n) is 6.56. The molecule has 1 aliphatic rings. The molecule has 5 rings (SSSR count). The number of carbonyl (C=O) groups excluding carboxylic acids is 1. The lowest BCUT2D eigenvalue weighted by Gasteiger charge is -2.26. The van der Waals surface area contributed by atoms with E-state index in [9.17, 15) is 9.59 Å². The molecule has 1 aliphatic heterocycles. The lowest BCUT2D eigenvalue weighted by Crippen LogP contribution is -2.40. The zero-order valence-corrected chi connectivity index (χ0v) is 25.1. The van der Waals surface area contributed by atoms with Crippen LogP contribution >= 0.6 is 11.8 Å². The van der Waals surface area contributed by atoms with Gasteiger partial charge in [-0.1, -0.05) is 91.0 Å². The fraction of sp³-hybridized carbons (Fsp3) is 0.303. The van der Waals surface area contributed by atoms with Crippen molar-refractivity contribution in [1.29, 1.82) is 0 Å². The molecule has 0 aliphatic carbocycles. The summed E-state index contributed by atoms with van der Waals surface area (Å²) in [6.07, 6.45) is 0.728. The number of hydrogen-bond acceptors (Lipinski definition) is 9. The van der Waals surface area contributed by atoms with E-state index in [0.717, 1.165) is 22.3 Å². The number of carbonyl (C=O) groups is 1. The quantitative estimate of drug-likeness (QED) is 0.227. The second kappa shape index (κ2) is 16.6. The molecule has 0 amide bonds. The molecule has 43 heavy (non-hydrogen) atoms. The Kier molecular flexibility index (Phi) is 12.4. The summed E-state index contributed by atoms with van der Waals surface area (Å²) in [6.45, 7) is 5.02. The molecule has 0 bridgehead atoms. The summed E-state index contributed by atoms with van der Waals surface area (Å²) in [5.74, 6) is 0.0495. The van der Waals surface area contributed by atoms with Crippen LogP contribution < -0.4 is 11.4 Å². The number of benzene rings is 3. The van der Waals surface area contributed by atoms with Crippen LogP contribution in [0.4, 0.5) is 5.82 Å². The Bertz CT molecular complexity index is 1460. The largest absolute Gasteiger partial charge is 0.449 e. The predicted molar refractivity (Wildman–Crippen MR) is 167 cm³/mol. The van der Waals surface area contributed by atoms with Crippen LogP contribution in [0, 0.1) is 6.92 Å². The fourth-order valence-electron chi connectivity index (χ4n) is 4.33. The first-order valence-corrected chi connectivity index (χ1v) is 14.9. The molecule has 2 heterocycles. The minimum absolute atomic E-state index is 0.0439. The standard InChI is InChI=1S/C28H30O5S.C5H7N3O/c1-21(29)33-28-27(32-19-24-15-9-4-10-16-24)26(31-18-23-13-7-3-8-14-23)25(34-28)20-30-17-22-11-5-2-6-12-22;1-3-2-7-5(9)8-4(3)6/h2-16,25-28H,17-20H2,1H3;2H,1H3,(H3,6,7,8,9)/t25-,26+,27?,28?;/m1./s1. The van der Waals surface area contributed by atoms with Gasteiger partial charge in [-0.05, 0) is 23.6 Å². The molecule has 3 aromatic carbocycles. The molecule has 0 saturated carbocycles. The summed E-state index contributed by atoms with van der Waals surface area (Å²) in [4.78, 5) is 28.0. The Morgan fingerprint density at radius 2 is 1.35 bits per heavy atom. The van der Waals surface area contributed by atoms with Gasteiger partial charge in [-0.25, -0.2) is 9.78 Å². The molecule has 1 fully saturated rings. The van der Waals surface area contributed by atoms with Gasteiger partial charge >= 0.3 is 11.7 Å². The Morgan fingerprint density at radius 3 is 1.84 bits per heavy atom. The average molecular weight is 604 g/mol. The van der Waals surface area contributed by atoms with Gasteiger partial charge in [0, 0.05) is 18.7 Å². The van der Waals surface area contributed by atoms with E-state index in [1.807, 2.05) is 91.0 Å². The van der Waals surface area contributed by atoms with E-state index < -0.39 is 17.2 Å². The van der Waals surface area contributed by atoms with Crippen LogP contribution in [0.3, 0.4) is 0 Å². The highest BCUT2D eigenvalue weighted by atomic mass is 32.2. The minimum Gasteiger partial charge on any atom is -0.449 e. The highest BCUT2D eigenvalue weighted by Crippen LogP contribution is 2.40. The maximum Gasteiger partial charge on any atom is 0.346 e. The number of esters is 1. The maximum absolute atomic E-state index is 11.8. The van der Waals surface area contributed by atoms with Crippen molar-refractivity contribution >= 4 is 23.5 Å². The molecule has 1 aromatic heterocycles. The number of nitrogen functional groups attached to an aromatic ring is 1. The van der Waals surface area contributed by atoms with Gasteiger partial charge < -0.3 is 24.7 Å². The number of thioether (sulfide) groups is 1. The van der Waals surface area contributed by atoms with Crippen LogP contribution in [-0.4, -0.2) is 45.4 Å². The molecule has 3 N–H and O–H groups in total. The molecule has 10 heteroatoms. The van der Waals surface area contributed by atoms with Gasteiger partial charge in [0.25, 0.3) is 0 Å². The van der Waals surface area contributed by atoms with Crippen molar-refractivity contribution in [3.05, 3.63) is 130 Å². The van der Waals surface area contributed by atoms with E-state index >= 15 is 0 Å². The van der Waals surface area contributed by atoms with Gasteiger partial charge in [0.2, 0.25) is 0 Å². The average Bonchev–Trinajstić information content (AvgIpc) is 3.33. The molecule has 9 nitrogen and oxygen atoms in total. The van der Waals surface area contributed by atoms with Gasteiger partial charge in [-0.3, -0.25) is 9.78 Å². The Morgan fingerprint density at radius 1 is 0.837 bits per heavy atom. The number of nitrogens with one attached hydrogen (secondary N) is 1. The smallest absolute Gasteiger partial charge is 0.346 e. The summed E-state index contributed by atoms with van der Waals surface area (Å²) in [7, 11) is 0. The zero-order valence-electron chi connectivity index (χ0n) is 24.3. The number of hydrogen-bond donors (Lipinski definition) is 2. The normalized spacial score (nSPS) is 19.3. The number of aryl methyl sites for hydroxylation is 1. The van der Waals surface area contributed by atoms with Crippen molar-refractivity contribution in [2.45, 2.75) is 56.6 Å². The van der Waals surface area contributed by atoms with Gasteiger partial charge in [-0.15, -0.1) is 11.8 Å². The molecular weight excluding hydrogens is 566 g/mol. The molecular formula is C33H37N3O6S. The zero-order chi connectivity index (χ0) is 30.4. The number of nitrogens with zero attached hydrogens (tertiary/aromatic N) is 1. The minimum atomic E-state index is -0.465. The third kappa shape index (κ3) is 10.4. The first kappa shape index (κ1) is 32.0. The van der Waals surface area contributed by atoms with Crippen LogP contribution in [0.25, 0.3) is 0 Å². The molecule has 226 valence electrons. The van der Waals surface area contributed by atoms with Crippen LogP contribution in [0.1, 0.15) is 29.2 Å². The Labute approximate surface area is 255 Å². The second-order valence-corrected chi connectivity index (χ2v) is 11.3. The number of rotatable bonds is 11. The number of anilines is 1. The molecule has 2 unspecified atom stereocenters. The molecule has 4 aromatic rings. The lowest BCUT2D eigenvalue weighted by molar-refractivity contribution is -0.155. The summed E-state index contributed by atoms with van der Waals surface area (Å²) in [6, 6.07) is 30.1. The molecule has 0 spiro atoms. The predicted octanol–water partition coefficient (Wildman–Crippen LogP) is 5.04. The summed E-state index contributed by atoms with van der Waals surface area (Å²) >= 11 is 1.54. The van der Waals surface area contributed by atoms with E-state index in [2.05, 4.69) is 9.97 Å². The van der Waals surface area contributed by atoms with E-state index in [1.165, 1.54) is 13.1 Å². The van der Waals surface area contributed by atoms with Crippen LogP contribution in [0.5, 0.6) is 0 Å². The van der Waals surface area contributed by atoms with E-state index in [4.69, 9.17) is 24.7 Å². The summed E-state index contributed by atoms with van der Waals surface area (Å²) < 4.78 is 24.4. The maximum atomic E-state index is 11.8. The third-order valence-corrected chi connectivity index (χ3v) is 7.94. The van der Waals surface area contributed by atoms with Crippen molar-refractivity contribution in [2.24, 2.45) is 0 Å². The lowest BCUT2D eigenvalue weighted by atomic mass is 10.1. The van der Waals surface area contributed by atoms with Crippen molar-refractivity contribution < 1.29 is 23.7 Å². The van der Waals surface area contributed by atoms with Crippen LogP contribution in [0.2, 0.25) is 0 Å². The highest BCUT2D eigenvalue weighted by molar-refractivity contribution is 8.00. The molecule has 1 saturated heterocycles. The van der Waals surface area contributed by atoms with Gasteiger partial charge in [0.1, 0.15) is 18.0 Å². The number of aromatic nitrogens is 2. The Hall–Kier alpha value is -3.96. The number of ether oxygens (including phenoxy) is 4. The fourth-order valence-corrected chi connectivity index (χ4v) is 5.82. The first-order chi connectivity index (χ1) is 20.9. The molecule has 0 radical (unpaired) electrons. The van der Waals surface area contributed by atoms with Crippen LogP contribution in [-0.2, 0) is 43.6 Å². The monoisotopic (exact) mass is 603 g/mol. The Balaban J connectivity index is 0.000000403. The van der Waals surface area contributed by atoms with Crippen molar-refractivity contribution in [3.63, 3.8) is 0 Å². The first-order valence-electron chi connectivity index (χ1n) is 14.0. The van der Waals surface area contributed by atoms with Gasteiger partial charge in [0.15, 0.2) is 5.44 Å². The van der Waals surface area contributed by atoms with Crippen molar-refractivity contribution in [1.82, 2.24) is 9.97 Å². The van der Waals surface area contributed by atoms with Crippen molar-refractivity contribution in [3.8, 4) is 0 Å². The van der Waals surface area contributed by atoms with E-state index in [0.29, 0.717) is 32.2 Å². The number of nitrogens with two attached hydrogens (primary N) is 1. The van der Waals surface area contributed by atoms with E-state index in [-0.39, 0.29) is 17.3 Å². The molecule has 4 atom stereocenters. The topological polar surface area (TPSA) is 126 Å². The SMILES string of the molecule is CC(=O)OC1S[C@H](COCc2ccccc2)[C@H](OCc2ccccc2)C1OCc1ccccc1.Cc1cnc(=O)[nH]c1N. The van der Waals surface area contributed by atoms with Gasteiger partial charge in [-0.2, -0.15) is 0 Å². The second-order valence-electron chi connectivity index (χ2n) is 9.96. The van der Waals surface area contributed by atoms with Crippen molar-refractivity contribution in [2.75, 3.05) is 12.3 Å². The summed E-state index contributed by atoms with van der Waals surface area (Å²) in [5.41, 5.74) is 8.49. The highest BCUT2D eigenvalue weighted by Gasteiger charge is 2.48. The number of H-pyrrole nitrogens is 1. The van der Waals surface area contributed by atoms with E-state index in [1.54, 1.807) is 18.7 Å². The number of aromatic amines is 1. The summed E-state index contributed by atoms with van der Waals surface area (Å²) in [5, 5.41) is -0.0439. The van der Waals surface area contributed by atoms with Crippen LogP contribution in [0.15, 0.2) is 102 Å². The van der Waals surface area contributed by atoms with Gasteiger partial charge in [0.05, 0.1) is 31.7 Å².